The van der Waals surface area contributed by atoms with Crippen LogP contribution in [0, 0.1) is 6.92 Å². The van der Waals surface area contributed by atoms with Gasteiger partial charge in [-0.2, -0.15) is 5.10 Å². The lowest BCUT2D eigenvalue weighted by Gasteiger charge is -2.13. The summed E-state index contributed by atoms with van der Waals surface area (Å²) < 4.78 is 17.8. The summed E-state index contributed by atoms with van der Waals surface area (Å²) in [4.78, 5) is 24.0. The standard InChI is InChI=1S/C30H29N3O5/c1-4-37-28-18-22(11-17-27(28)38-20-29(34)36-3)19-31-32-30(35)24-12-14-25(15-13-24)33-21(2)10-16-26(33)23-8-6-5-7-9-23/h5-19H,4,20H2,1-3H3,(H,32,35)/b31-19+. The molecule has 8 heteroatoms. The molecule has 0 bridgehead atoms. The first kappa shape index (κ1) is 26.2. The van der Waals surface area contributed by atoms with Gasteiger partial charge in [0.1, 0.15) is 0 Å². The van der Waals surface area contributed by atoms with Gasteiger partial charge < -0.3 is 18.8 Å². The van der Waals surface area contributed by atoms with Gasteiger partial charge in [0, 0.05) is 16.9 Å². The van der Waals surface area contributed by atoms with Gasteiger partial charge in [-0.15, -0.1) is 0 Å². The molecule has 0 unspecified atom stereocenters. The number of aromatic nitrogens is 1. The summed E-state index contributed by atoms with van der Waals surface area (Å²) in [6, 6.07) is 26.8. The Morgan fingerprint density at radius 1 is 0.921 bits per heavy atom. The molecule has 0 spiro atoms. The van der Waals surface area contributed by atoms with E-state index in [1.54, 1.807) is 30.3 Å². The Kier molecular flexibility index (Phi) is 8.56. The van der Waals surface area contributed by atoms with E-state index >= 15 is 0 Å². The zero-order chi connectivity index (χ0) is 26.9. The van der Waals surface area contributed by atoms with Crippen molar-refractivity contribution in [3.05, 3.63) is 102 Å². The van der Waals surface area contributed by atoms with Crippen molar-refractivity contribution in [2.45, 2.75) is 13.8 Å². The molecule has 0 saturated heterocycles. The first-order valence-corrected chi connectivity index (χ1v) is 12.1. The molecule has 1 heterocycles. The molecule has 0 aliphatic heterocycles. The molecule has 8 nitrogen and oxygen atoms in total. The normalized spacial score (nSPS) is 10.8. The average molecular weight is 512 g/mol. The molecule has 4 aromatic rings. The van der Waals surface area contributed by atoms with Crippen LogP contribution in [0.25, 0.3) is 16.9 Å². The summed E-state index contributed by atoms with van der Waals surface area (Å²) in [5.74, 6) is 0.0432. The highest BCUT2D eigenvalue weighted by Gasteiger charge is 2.12. The molecule has 1 amide bonds. The van der Waals surface area contributed by atoms with Crippen LogP contribution in [0.5, 0.6) is 11.5 Å². The van der Waals surface area contributed by atoms with Crippen LogP contribution in [0.3, 0.4) is 0 Å². The summed E-state index contributed by atoms with van der Waals surface area (Å²) in [5.41, 5.74) is 7.98. The summed E-state index contributed by atoms with van der Waals surface area (Å²) in [6.07, 6.45) is 1.51. The van der Waals surface area contributed by atoms with E-state index in [4.69, 9.17) is 9.47 Å². The van der Waals surface area contributed by atoms with Crippen molar-refractivity contribution in [1.82, 2.24) is 9.99 Å². The number of benzene rings is 3. The van der Waals surface area contributed by atoms with Crippen molar-refractivity contribution in [3.63, 3.8) is 0 Å². The van der Waals surface area contributed by atoms with Gasteiger partial charge in [0.2, 0.25) is 0 Å². The molecule has 38 heavy (non-hydrogen) atoms. The molecule has 0 aliphatic rings. The number of hydrogen-bond acceptors (Lipinski definition) is 6. The number of rotatable bonds is 10. The Balaban J connectivity index is 1.43. The van der Waals surface area contributed by atoms with Crippen molar-refractivity contribution in [2.24, 2.45) is 5.10 Å². The Bertz CT molecular complexity index is 1430. The van der Waals surface area contributed by atoms with Gasteiger partial charge in [-0.3, -0.25) is 4.79 Å². The topological polar surface area (TPSA) is 91.1 Å². The van der Waals surface area contributed by atoms with Crippen molar-refractivity contribution in [3.8, 4) is 28.4 Å². The second-order valence-corrected chi connectivity index (χ2v) is 8.31. The minimum absolute atomic E-state index is 0.226. The van der Waals surface area contributed by atoms with Crippen molar-refractivity contribution < 1.29 is 23.8 Å². The van der Waals surface area contributed by atoms with E-state index in [1.807, 2.05) is 37.3 Å². The zero-order valence-corrected chi connectivity index (χ0v) is 21.5. The van der Waals surface area contributed by atoms with Gasteiger partial charge in [0.25, 0.3) is 5.91 Å². The number of carbonyl (C=O) groups is 2. The molecule has 0 aliphatic carbocycles. The van der Waals surface area contributed by atoms with Gasteiger partial charge >= 0.3 is 5.97 Å². The Morgan fingerprint density at radius 2 is 1.68 bits per heavy atom. The number of hydrazone groups is 1. The smallest absolute Gasteiger partial charge is 0.343 e. The molecule has 0 saturated carbocycles. The van der Waals surface area contributed by atoms with Crippen molar-refractivity contribution in [2.75, 3.05) is 20.3 Å². The third kappa shape index (κ3) is 6.28. The van der Waals surface area contributed by atoms with Gasteiger partial charge in [0.15, 0.2) is 18.1 Å². The van der Waals surface area contributed by atoms with Crippen LogP contribution >= 0.6 is 0 Å². The highest BCUT2D eigenvalue weighted by atomic mass is 16.6. The molecule has 3 aromatic carbocycles. The average Bonchev–Trinajstić information content (AvgIpc) is 3.34. The highest BCUT2D eigenvalue weighted by Crippen LogP contribution is 2.28. The van der Waals surface area contributed by atoms with E-state index in [0.29, 0.717) is 29.2 Å². The number of methoxy groups -OCH3 is 1. The molecule has 194 valence electrons. The molecule has 1 N–H and O–H groups in total. The molecule has 0 radical (unpaired) electrons. The van der Waals surface area contributed by atoms with Crippen LogP contribution in [-0.2, 0) is 9.53 Å². The Hall–Kier alpha value is -4.85. The van der Waals surface area contributed by atoms with E-state index in [-0.39, 0.29) is 12.5 Å². The molecule has 0 atom stereocenters. The number of carbonyl (C=O) groups excluding carboxylic acids is 2. The first-order valence-electron chi connectivity index (χ1n) is 12.1. The summed E-state index contributed by atoms with van der Waals surface area (Å²) in [5, 5.41) is 4.08. The minimum atomic E-state index is -0.492. The number of ether oxygens (including phenoxy) is 3. The fourth-order valence-electron chi connectivity index (χ4n) is 3.90. The van der Waals surface area contributed by atoms with Gasteiger partial charge in [-0.05, 0) is 79.6 Å². The number of esters is 1. The van der Waals surface area contributed by atoms with Crippen LogP contribution in [0.2, 0.25) is 0 Å². The molecule has 1 aromatic heterocycles. The highest BCUT2D eigenvalue weighted by molar-refractivity contribution is 5.95. The maximum atomic E-state index is 12.7. The maximum absolute atomic E-state index is 12.7. The third-order valence-corrected chi connectivity index (χ3v) is 5.75. The third-order valence-electron chi connectivity index (χ3n) is 5.75. The molecule has 0 fully saturated rings. The number of aryl methyl sites for hydroxylation is 1. The van der Waals surface area contributed by atoms with Gasteiger partial charge in [0.05, 0.1) is 25.6 Å². The number of nitrogens with zero attached hydrogens (tertiary/aromatic N) is 2. The van der Waals surface area contributed by atoms with Gasteiger partial charge in [-0.25, -0.2) is 10.2 Å². The minimum Gasteiger partial charge on any atom is -0.490 e. The molecular formula is C30H29N3O5. The van der Waals surface area contributed by atoms with Crippen LogP contribution < -0.4 is 14.9 Å². The predicted octanol–water partition coefficient (Wildman–Crippen LogP) is 5.17. The Morgan fingerprint density at radius 3 is 2.39 bits per heavy atom. The van der Waals surface area contributed by atoms with Crippen molar-refractivity contribution >= 4 is 18.1 Å². The van der Waals surface area contributed by atoms with E-state index in [0.717, 1.165) is 22.6 Å². The van der Waals surface area contributed by atoms with Crippen molar-refractivity contribution in [1.29, 1.82) is 0 Å². The van der Waals surface area contributed by atoms with E-state index < -0.39 is 5.97 Å². The van der Waals surface area contributed by atoms with E-state index in [9.17, 15) is 9.59 Å². The number of nitrogens with one attached hydrogen (secondary N) is 1. The van der Waals surface area contributed by atoms with E-state index in [1.165, 1.54) is 13.3 Å². The van der Waals surface area contributed by atoms with E-state index in [2.05, 4.69) is 51.0 Å². The van der Waals surface area contributed by atoms with Crippen LogP contribution in [0.1, 0.15) is 28.5 Å². The lowest BCUT2D eigenvalue weighted by molar-refractivity contribution is -0.142. The van der Waals surface area contributed by atoms with Crippen LogP contribution in [0.4, 0.5) is 0 Å². The van der Waals surface area contributed by atoms with Gasteiger partial charge in [-0.1, -0.05) is 30.3 Å². The fourth-order valence-corrected chi connectivity index (χ4v) is 3.90. The summed E-state index contributed by atoms with van der Waals surface area (Å²) >= 11 is 0. The molecular weight excluding hydrogens is 482 g/mol. The lowest BCUT2D eigenvalue weighted by atomic mass is 10.1. The van der Waals surface area contributed by atoms with Crippen LogP contribution in [-0.4, -0.2) is 43.0 Å². The quantitative estimate of drug-likeness (QED) is 0.180. The largest absolute Gasteiger partial charge is 0.490 e. The summed E-state index contributed by atoms with van der Waals surface area (Å²) in [6.45, 7) is 4.08. The fraction of sp³-hybridized carbons (Fsp3) is 0.167. The SMILES string of the molecule is CCOc1cc(/C=N/NC(=O)c2ccc(-n3c(C)ccc3-c3ccccc3)cc2)ccc1OCC(=O)OC. The summed E-state index contributed by atoms with van der Waals surface area (Å²) in [7, 11) is 1.29. The van der Waals surface area contributed by atoms with Crippen LogP contribution in [0.15, 0.2) is 90.0 Å². The maximum Gasteiger partial charge on any atom is 0.343 e. The number of hydrogen-bond donors (Lipinski definition) is 1. The second-order valence-electron chi connectivity index (χ2n) is 8.31. The monoisotopic (exact) mass is 511 g/mol. The number of amides is 1. The Labute approximate surface area is 221 Å². The first-order chi connectivity index (χ1) is 18.5. The zero-order valence-electron chi connectivity index (χ0n) is 21.5. The second kappa shape index (κ2) is 12.4. The molecule has 4 rings (SSSR count). The predicted molar refractivity (Wildman–Crippen MR) is 146 cm³/mol. The lowest BCUT2D eigenvalue weighted by Crippen LogP contribution is -2.17.